The zero-order chi connectivity index (χ0) is 18.7. The summed E-state index contributed by atoms with van der Waals surface area (Å²) in [5.41, 5.74) is 2.77. The van der Waals surface area contributed by atoms with E-state index in [0.717, 1.165) is 38.9 Å². The fraction of sp³-hybridized carbons (Fsp3) is 0.600. The van der Waals surface area contributed by atoms with Gasteiger partial charge < -0.3 is 15.1 Å². The summed E-state index contributed by atoms with van der Waals surface area (Å²) in [6, 6.07) is 9.03. The van der Waals surface area contributed by atoms with Gasteiger partial charge in [0.05, 0.1) is 0 Å². The van der Waals surface area contributed by atoms with Crippen molar-refractivity contribution in [2.45, 2.75) is 44.8 Å². The maximum Gasteiger partial charge on any atom is 0.317 e. The number of hydrogen-bond donors (Lipinski definition) is 1. The third-order valence-electron chi connectivity index (χ3n) is 5.72. The van der Waals surface area contributed by atoms with Crippen molar-refractivity contribution in [3.63, 3.8) is 0 Å². The normalized spacial score (nSPS) is 21.2. The van der Waals surface area contributed by atoms with Crippen LogP contribution in [0.15, 0.2) is 24.3 Å². The van der Waals surface area contributed by atoms with E-state index in [1.807, 2.05) is 11.9 Å². The van der Waals surface area contributed by atoms with Gasteiger partial charge in [-0.25, -0.2) is 4.79 Å². The first-order valence-corrected chi connectivity index (χ1v) is 9.48. The first kappa shape index (κ1) is 18.7. The summed E-state index contributed by atoms with van der Waals surface area (Å²) in [4.78, 5) is 29.9. The van der Waals surface area contributed by atoms with Gasteiger partial charge in [0.15, 0.2) is 0 Å². The van der Waals surface area contributed by atoms with E-state index in [0.29, 0.717) is 12.6 Å². The quantitative estimate of drug-likeness (QED) is 0.895. The van der Waals surface area contributed by atoms with Gasteiger partial charge in [0.2, 0.25) is 5.91 Å². The Balaban J connectivity index is 1.49. The SMILES string of the molecule is CC(=O)N1CCC(NC(=O)N(C)CC2Cc3ccccc3CN2C)CC1. The first-order valence-electron chi connectivity index (χ1n) is 9.48. The van der Waals surface area contributed by atoms with Gasteiger partial charge in [-0.2, -0.15) is 0 Å². The Morgan fingerprint density at radius 1 is 1.19 bits per heavy atom. The number of likely N-dealkylation sites (tertiary alicyclic amines) is 1. The minimum Gasteiger partial charge on any atom is -0.343 e. The first-order chi connectivity index (χ1) is 12.4. The molecule has 26 heavy (non-hydrogen) atoms. The monoisotopic (exact) mass is 358 g/mol. The lowest BCUT2D eigenvalue weighted by Gasteiger charge is -2.37. The van der Waals surface area contributed by atoms with Gasteiger partial charge in [-0.05, 0) is 37.4 Å². The van der Waals surface area contributed by atoms with Crippen molar-refractivity contribution >= 4 is 11.9 Å². The van der Waals surface area contributed by atoms with Gasteiger partial charge in [0.1, 0.15) is 0 Å². The number of urea groups is 1. The Hall–Kier alpha value is -2.08. The van der Waals surface area contributed by atoms with Gasteiger partial charge in [0, 0.05) is 52.2 Å². The van der Waals surface area contributed by atoms with Crippen LogP contribution in [0.25, 0.3) is 0 Å². The molecule has 0 radical (unpaired) electrons. The van der Waals surface area contributed by atoms with Crippen molar-refractivity contribution in [2.75, 3.05) is 33.7 Å². The van der Waals surface area contributed by atoms with E-state index < -0.39 is 0 Å². The number of carbonyl (C=O) groups is 2. The van der Waals surface area contributed by atoms with E-state index >= 15 is 0 Å². The molecule has 3 amide bonds. The van der Waals surface area contributed by atoms with Gasteiger partial charge in [-0.3, -0.25) is 9.69 Å². The third-order valence-corrected chi connectivity index (χ3v) is 5.72. The molecule has 1 unspecified atom stereocenters. The molecule has 0 saturated carbocycles. The van der Waals surface area contributed by atoms with Crippen LogP contribution in [0.2, 0.25) is 0 Å². The molecule has 1 aromatic rings. The molecule has 6 nitrogen and oxygen atoms in total. The highest BCUT2D eigenvalue weighted by Crippen LogP contribution is 2.22. The molecular weight excluding hydrogens is 328 g/mol. The molecule has 6 heteroatoms. The van der Waals surface area contributed by atoms with Crippen LogP contribution in [-0.2, 0) is 17.8 Å². The Kier molecular flexibility index (Phi) is 5.81. The molecule has 1 saturated heterocycles. The van der Waals surface area contributed by atoms with Gasteiger partial charge in [-0.15, -0.1) is 0 Å². The van der Waals surface area contributed by atoms with Crippen LogP contribution < -0.4 is 5.32 Å². The average molecular weight is 358 g/mol. The van der Waals surface area contributed by atoms with Crippen molar-refractivity contribution < 1.29 is 9.59 Å². The molecule has 1 N–H and O–H groups in total. The van der Waals surface area contributed by atoms with Gasteiger partial charge in [-0.1, -0.05) is 24.3 Å². The zero-order valence-electron chi connectivity index (χ0n) is 16.1. The number of hydrogen-bond acceptors (Lipinski definition) is 3. The fourth-order valence-corrected chi connectivity index (χ4v) is 3.94. The molecule has 2 aliphatic rings. The molecule has 142 valence electrons. The van der Waals surface area contributed by atoms with Crippen LogP contribution in [0.3, 0.4) is 0 Å². The Morgan fingerprint density at radius 2 is 1.85 bits per heavy atom. The van der Waals surface area contributed by atoms with Crippen molar-refractivity contribution in [3.8, 4) is 0 Å². The summed E-state index contributed by atoms with van der Waals surface area (Å²) in [7, 11) is 4.00. The minimum atomic E-state index is -0.0152. The molecule has 1 aromatic carbocycles. The van der Waals surface area contributed by atoms with Crippen molar-refractivity contribution in [1.29, 1.82) is 0 Å². The Morgan fingerprint density at radius 3 is 2.50 bits per heavy atom. The van der Waals surface area contributed by atoms with Crippen LogP contribution in [0.5, 0.6) is 0 Å². The van der Waals surface area contributed by atoms with Gasteiger partial charge in [0.25, 0.3) is 0 Å². The Bertz CT molecular complexity index is 655. The van der Waals surface area contributed by atoms with E-state index in [4.69, 9.17) is 0 Å². The second-order valence-electron chi connectivity index (χ2n) is 7.65. The maximum absolute atomic E-state index is 12.6. The third kappa shape index (κ3) is 4.36. The predicted octanol–water partition coefficient (Wildman–Crippen LogP) is 1.70. The van der Waals surface area contributed by atoms with Crippen LogP contribution >= 0.6 is 0 Å². The van der Waals surface area contributed by atoms with Crippen molar-refractivity contribution in [1.82, 2.24) is 20.0 Å². The number of nitrogens with zero attached hydrogens (tertiary/aromatic N) is 3. The number of piperidine rings is 1. The second kappa shape index (κ2) is 8.08. The maximum atomic E-state index is 12.6. The van der Waals surface area contributed by atoms with Crippen molar-refractivity contribution in [3.05, 3.63) is 35.4 Å². The molecular formula is C20H30N4O2. The number of likely N-dealkylation sites (N-methyl/N-ethyl adjacent to an activating group) is 2. The molecule has 0 bridgehead atoms. The minimum absolute atomic E-state index is 0.0152. The highest BCUT2D eigenvalue weighted by atomic mass is 16.2. The molecule has 2 aliphatic heterocycles. The molecule has 3 rings (SSSR count). The molecule has 0 aromatic heterocycles. The van der Waals surface area contributed by atoms with E-state index in [2.05, 4.69) is 41.5 Å². The number of rotatable bonds is 3. The summed E-state index contributed by atoms with van der Waals surface area (Å²) >= 11 is 0. The number of amides is 3. The largest absolute Gasteiger partial charge is 0.343 e. The van der Waals surface area contributed by atoms with Crippen molar-refractivity contribution in [2.24, 2.45) is 0 Å². The molecule has 2 heterocycles. The van der Waals surface area contributed by atoms with Crippen LogP contribution in [0.1, 0.15) is 30.9 Å². The lowest BCUT2D eigenvalue weighted by molar-refractivity contribution is -0.129. The highest BCUT2D eigenvalue weighted by molar-refractivity contribution is 5.75. The standard InChI is InChI=1S/C20H30N4O2/c1-15(25)24-10-8-18(9-11-24)21-20(26)23(3)14-19-12-16-6-4-5-7-17(16)13-22(19)2/h4-7,18-19H,8-14H2,1-3H3,(H,21,26). The van der Waals surface area contributed by atoms with Crippen LogP contribution in [0.4, 0.5) is 4.79 Å². The fourth-order valence-electron chi connectivity index (χ4n) is 3.94. The van der Waals surface area contributed by atoms with E-state index in [9.17, 15) is 9.59 Å². The summed E-state index contributed by atoms with van der Waals surface area (Å²) in [6.07, 6.45) is 2.63. The zero-order valence-corrected chi connectivity index (χ0v) is 16.1. The average Bonchev–Trinajstić information content (AvgIpc) is 2.62. The predicted molar refractivity (Wildman–Crippen MR) is 102 cm³/mol. The second-order valence-corrected chi connectivity index (χ2v) is 7.65. The van der Waals surface area contributed by atoms with Gasteiger partial charge >= 0.3 is 6.03 Å². The Labute approximate surface area is 156 Å². The molecule has 1 fully saturated rings. The topological polar surface area (TPSA) is 55.9 Å². The highest BCUT2D eigenvalue weighted by Gasteiger charge is 2.27. The molecule has 0 spiro atoms. The number of fused-ring (bicyclic) bond motifs is 1. The van der Waals surface area contributed by atoms with E-state index in [1.54, 1.807) is 11.8 Å². The smallest absolute Gasteiger partial charge is 0.317 e. The number of nitrogens with one attached hydrogen (secondary N) is 1. The number of carbonyl (C=O) groups excluding carboxylic acids is 2. The van der Waals surface area contributed by atoms with Crippen LogP contribution in [0, 0.1) is 0 Å². The lowest BCUT2D eigenvalue weighted by Crippen LogP contribution is -2.52. The van der Waals surface area contributed by atoms with E-state index in [1.165, 1.54) is 11.1 Å². The summed E-state index contributed by atoms with van der Waals surface area (Å²) in [5.74, 6) is 0.118. The molecule has 1 atom stereocenters. The van der Waals surface area contributed by atoms with E-state index in [-0.39, 0.29) is 18.0 Å². The van der Waals surface area contributed by atoms with Crippen LogP contribution in [-0.4, -0.2) is 72.5 Å². The lowest BCUT2D eigenvalue weighted by atomic mass is 9.94. The summed E-state index contributed by atoms with van der Waals surface area (Å²) in [6.45, 7) is 4.70. The number of benzene rings is 1. The molecule has 0 aliphatic carbocycles. The summed E-state index contributed by atoms with van der Waals surface area (Å²) < 4.78 is 0. The summed E-state index contributed by atoms with van der Waals surface area (Å²) in [5, 5.41) is 3.13.